The van der Waals surface area contributed by atoms with E-state index in [0.29, 0.717) is 0 Å². The van der Waals surface area contributed by atoms with Gasteiger partial charge in [0.2, 0.25) is 0 Å². The van der Waals surface area contributed by atoms with Gasteiger partial charge in [0.05, 0.1) is 0 Å². The maximum Gasteiger partial charge on any atom is 0.457 e. The highest BCUT2D eigenvalue weighted by Gasteiger charge is 2.61. The highest BCUT2D eigenvalue weighted by Crippen LogP contribution is 2.28. The second-order valence-electron chi connectivity index (χ2n) is 1.77. The van der Waals surface area contributed by atoms with E-state index in [1.807, 2.05) is 4.94 Å². The summed E-state index contributed by atoms with van der Waals surface area (Å²) in [5, 5.41) is 0. The summed E-state index contributed by atoms with van der Waals surface area (Å²) in [6.07, 6.45) is -5.93. The number of Topliss-reactive ketones (excluding diaryl/α,β-unsaturated/α-hetero) is 1. The molecule has 0 saturated heterocycles. The molecule has 9 heteroatoms. The Labute approximate surface area is 66.2 Å². The lowest BCUT2D eigenvalue weighted by molar-refractivity contribution is -0.224. The summed E-state index contributed by atoms with van der Waals surface area (Å²) < 4.78 is 68.5. The quantitative estimate of drug-likeness (QED) is 0.507. The second-order valence-corrected chi connectivity index (χ2v) is 1.77. The molecule has 0 saturated carbocycles. The summed E-state index contributed by atoms with van der Waals surface area (Å²) in [4.78, 5) is 21.2. The van der Waals surface area contributed by atoms with E-state index in [-0.39, 0.29) is 0 Å². The summed E-state index contributed by atoms with van der Waals surface area (Å²) in [7, 11) is 0. The third kappa shape index (κ3) is 2.33. The van der Waals surface area contributed by atoms with Gasteiger partial charge in [0, 0.05) is 4.53 Å². The van der Waals surface area contributed by atoms with Crippen LogP contribution in [-0.2, 0) is 14.5 Å². The topological polar surface area (TPSA) is 43.4 Å². The van der Waals surface area contributed by atoms with Gasteiger partial charge in [0.15, 0.2) is 0 Å². The van der Waals surface area contributed by atoms with Crippen molar-refractivity contribution in [2.45, 2.75) is 12.1 Å². The van der Waals surface area contributed by atoms with Gasteiger partial charge in [-0.1, -0.05) is 0 Å². The summed E-state index contributed by atoms with van der Waals surface area (Å²) >= 11 is 0. The van der Waals surface area contributed by atoms with Gasteiger partial charge in [0.25, 0.3) is 0 Å². The average Bonchev–Trinajstić information content (AvgIpc) is 1.99. The Bertz CT molecular complexity index is 231. The van der Waals surface area contributed by atoms with Crippen LogP contribution < -0.4 is 0 Å². The molecule has 13 heavy (non-hydrogen) atoms. The minimum atomic E-state index is -5.93. The van der Waals surface area contributed by atoms with Crippen molar-refractivity contribution in [2.75, 3.05) is 0 Å². The van der Waals surface area contributed by atoms with Crippen molar-refractivity contribution >= 4 is 11.8 Å². The summed E-state index contributed by atoms with van der Waals surface area (Å²) in [6.45, 7) is 0. The Morgan fingerprint density at radius 3 is 1.62 bits per heavy atom. The van der Waals surface area contributed by atoms with Crippen LogP contribution in [0.15, 0.2) is 0 Å². The highest BCUT2D eigenvalue weighted by atomic mass is 19.4. The number of halogens is 6. The number of carbonyl (C=O) groups excluding carboxylic acids is 2. The minimum Gasteiger partial charge on any atom is -0.282 e. The molecule has 0 heterocycles. The monoisotopic (exact) mass is 210 g/mol. The maximum atomic E-state index is 11.9. The molecule has 0 amide bonds. The molecular weight excluding hydrogens is 210 g/mol. The zero-order valence-electron chi connectivity index (χ0n) is 5.49. The van der Waals surface area contributed by atoms with E-state index in [2.05, 4.69) is 0 Å². The molecule has 0 aromatic rings. The first-order valence-corrected chi connectivity index (χ1v) is 2.46. The van der Waals surface area contributed by atoms with E-state index in [1.165, 1.54) is 0 Å². The van der Waals surface area contributed by atoms with Gasteiger partial charge in [-0.2, -0.15) is 22.0 Å². The Kier molecular flexibility index (Phi) is 2.91. The third-order valence-corrected chi connectivity index (χ3v) is 0.869. The number of hydrogen-bond acceptors (Lipinski definition) is 3. The van der Waals surface area contributed by atoms with Crippen LogP contribution in [0, 0.1) is 0 Å². The number of carbonyl (C=O) groups is 2. The summed E-state index contributed by atoms with van der Waals surface area (Å²) in [6, 6.07) is 0. The molecule has 0 aliphatic carbocycles. The van der Waals surface area contributed by atoms with Gasteiger partial charge in [-0.05, 0) is 0 Å². The normalized spacial score (nSPS) is 12.5. The predicted molar refractivity (Wildman–Crippen MR) is 23.2 cm³/mol. The zero-order chi connectivity index (χ0) is 10.9. The zero-order valence-corrected chi connectivity index (χ0v) is 5.49. The molecule has 0 unspecified atom stereocenters. The molecule has 0 aromatic carbocycles. The molecule has 0 atom stereocenters. The molecule has 0 aliphatic heterocycles. The fourth-order valence-electron chi connectivity index (χ4n) is 0.319. The first kappa shape index (κ1) is 11.7. The molecule has 0 spiro atoms. The molecule has 0 aromatic heterocycles. The van der Waals surface area contributed by atoms with Crippen molar-refractivity contribution in [3.8, 4) is 0 Å². The van der Waals surface area contributed by atoms with E-state index in [1.54, 1.807) is 0 Å². The number of hydrogen-bond donors (Lipinski definition) is 0. The van der Waals surface area contributed by atoms with Crippen molar-refractivity contribution < 1.29 is 41.0 Å². The first-order valence-electron chi connectivity index (χ1n) is 2.46. The molecule has 3 nitrogen and oxygen atoms in total. The van der Waals surface area contributed by atoms with Gasteiger partial charge < -0.3 is 0 Å². The first-order chi connectivity index (χ1) is 5.64. The third-order valence-electron chi connectivity index (χ3n) is 0.869. The molecule has 0 aliphatic rings. The fraction of sp³-hybridized carbons (Fsp3) is 0.500. The molecule has 0 bridgehead atoms. The van der Waals surface area contributed by atoms with Crippen molar-refractivity contribution in [3.63, 3.8) is 0 Å². The second kappa shape index (κ2) is 3.23. The lowest BCUT2D eigenvalue weighted by Gasteiger charge is -2.11. The Hall–Kier alpha value is -1.28. The molecular formula is C4F6O3. The number of ketones is 1. The van der Waals surface area contributed by atoms with Crippen LogP contribution in [0.5, 0.6) is 0 Å². The van der Waals surface area contributed by atoms with E-state index in [0.717, 1.165) is 0 Å². The largest absolute Gasteiger partial charge is 0.457 e. The highest BCUT2D eigenvalue weighted by molar-refractivity contribution is 6.07. The smallest absolute Gasteiger partial charge is 0.282 e. The summed E-state index contributed by atoms with van der Waals surface area (Å²) in [5.41, 5.74) is 0. The van der Waals surface area contributed by atoms with Crippen molar-refractivity contribution in [1.82, 2.24) is 0 Å². The molecule has 0 radical (unpaired) electrons. The Morgan fingerprint density at radius 2 is 1.38 bits per heavy atom. The van der Waals surface area contributed by atoms with Crippen LogP contribution in [0.1, 0.15) is 0 Å². The number of rotatable bonds is 2. The van der Waals surface area contributed by atoms with Crippen LogP contribution in [0.4, 0.5) is 26.5 Å². The van der Waals surface area contributed by atoms with E-state index in [9.17, 15) is 36.1 Å². The molecule has 0 fully saturated rings. The van der Waals surface area contributed by atoms with Crippen LogP contribution in [0.3, 0.4) is 0 Å². The standard InChI is InChI=1S/C4F6O3/c5-3(6,2(12)13-10)1(11)4(7,8)9. The van der Waals surface area contributed by atoms with Crippen molar-refractivity contribution in [2.24, 2.45) is 0 Å². The molecule has 0 rings (SSSR count). The SMILES string of the molecule is O=C(OF)C(F)(F)C(=O)C(F)(F)F. The van der Waals surface area contributed by atoms with Crippen LogP contribution in [0.25, 0.3) is 0 Å². The van der Waals surface area contributed by atoms with Crippen molar-refractivity contribution in [3.05, 3.63) is 0 Å². The van der Waals surface area contributed by atoms with Gasteiger partial charge >= 0.3 is 23.9 Å². The maximum absolute atomic E-state index is 11.9. The Morgan fingerprint density at radius 1 is 1.00 bits per heavy atom. The number of alkyl halides is 5. The van der Waals surface area contributed by atoms with Crippen LogP contribution >= 0.6 is 0 Å². The van der Waals surface area contributed by atoms with Gasteiger partial charge in [-0.25, -0.2) is 9.74 Å². The predicted octanol–water partition coefficient (Wildman–Crippen LogP) is 1.18. The van der Waals surface area contributed by atoms with Crippen LogP contribution in [-0.4, -0.2) is 23.9 Å². The fourth-order valence-corrected chi connectivity index (χ4v) is 0.319. The molecule has 76 valence electrons. The van der Waals surface area contributed by atoms with Crippen LogP contribution in [0.2, 0.25) is 0 Å². The lowest BCUT2D eigenvalue weighted by atomic mass is 10.2. The van der Waals surface area contributed by atoms with E-state index in [4.69, 9.17) is 0 Å². The van der Waals surface area contributed by atoms with E-state index < -0.39 is 23.9 Å². The van der Waals surface area contributed by atoms with Gasteiger partial charge in [0.1, 0.15) is 0 Å². The van der Waals surface area contributed by atoms with E-state index >= 15 is 0 Å². The Balaban J connectivity index is 4.85. The minimum absolute atomic E-state index is 1.82. The average molecular weight is 210 g/mol. The molecule has 0 N–H and O–H groups in total. The van der Waals surface area contributed by atoms with Gasteiger partial charge in [-0.3, -0.25) is 4.79 Å². The lowest BCUT2D eigenvalue weighted by Crippen LogP contribution is -2.46. The van der Waals surface area contributed by atoms with Crippen molar-refractivity contribution in [1.29, 1.82) is 0 Å². The van der Waals surface area contributed by atoms with Gasteiger partial charge in [-0.15, -0.1) is 0 Å². The summed E-state index contributed by atoms with van der Waals surface area (Å²) in [5.74, 6) is -12.4.